The summed E-state index contributed by atoms with van der Waals surface area (Å²) in [7, 11) is 3.84. The van der Waals surface area contributed by atoms with E-state index in [-0.39, 0.29) is 0 Å². The highest BCUT2D eigenvalue weighted by Crippen LogP contribution is 2.09. The molecule has 1 aromatic rings. The third-order valence-corrected chi connectivity index (χ3v) is 2.63. The topological polar surface area (TPSA) is 45.5 Å². The molecule has 0 unspecified atom stereocenters. The van der Waals surface area contributed by atoms with E-state index in [9.17, 15) is 0 Å². The molecule has 0 saturated heterocycles. The molecule has 1 rings (SSSR count). The third kappa shape index (κ3) is 1.59. The van der Waals surface area contributed by atoms with Gasteiger partial charge in [-0.2, -0.15) is 5.26 Å². The minimum atomic E-state index is 0.449. The van der Waals surface area contributed by atoms with Crippen molar-refractivity contribution in [3.63, 3.8) is 0 Å². The summed E-state index contributed by atoms with van der Waals surface area (Å²) in [6.07, 6.45) is 0. The van der Waals surface area contributed by atoms with Crippen LogP contribution in [0.5, 0.6) is 0 Å². The van der Waals surface area contributed by atoms with Gasteiger partial charge in [-0.15, -0.1) is 4.68 Å². The summed E-state index contributed by atoms with van der Waals surface area (Å²) in [5.74, 6) is 1.53. The molecule has 1 aromatic heterocycles. The molecule has 5 heteroatoms. The normalized spacial score (nSPS) is 9.83. The second kappa shape index (κ2) is 3.59. The van der Waals surface area contributed by atoms with Gasteiger partial charge in [0.05, 0.1) is 31.0 Å². The van der Waals surface area contributed by atoms with Gasteiger partial charge >= 0.3 is 5.16 Å². The zero-order valence-electron chi connectivity index (χ0n) is 7.40. The Morgan fingerprint density at radius 3 is 2.83 bits per heavy atom. The van der Waals surface area contributed by atoms with Crippen molar-refractivity contribution in [3.8, 4) is 6.07 Å². The molecule has 0 amide bonds. The molecule has 0 aliphatic rings. The fraction of sp³-hybridized carbons (Fsp3) is 0.571. The Hall–Kier alpha value is -1.02. The molecule has 1 heterocycles. The molecule has 0 radical (unpaired) electrons. The number of hydrogen-bond donors (Lipinski definition) is 0. The average Bonchev–Trinajstić information content (AvgIpc) is 2.30. The van der Waals surface area contributed by atoms with Gasteiger partial charge in [-0.1, -0.05) is 0 Å². The number of aromatic nitrogens is 3. The van der Waals surface area contributed by atoms with Crippen LogP contribution in [0.25, 0.3) is 0 Å². The first-order valence-corrected chi connectivity index (χ1v) is 4.54. The standard InChI is InChI=1S/C7H11N4S/c1-6-10(2)7(9-11(6)3)12-5-4-8/h5H2,1-3H3/q+1. The Morgan fingerprint density at radius 2 is 2.42 bits per heavy atom. The van der Waals surface area contributed by atoms with E-state index in [1.54, 1.807) is 4.68 Å². The summed E-state index contributed by atoms with van der Waals surface area (Å²) in [6, 6.07) is 2.07. The quantitative estimate of drug-likeness (QED) is 0.485. The highest BCUT2D eigenvalue weighted by Gasteiger charge is 2.16. The summed E-state index contributed by atoms with van der Waals surface area (Å²) >= 11 is 1.45. The minimum absolute atomic E-state index is 0.449. The van der Waals surface area contributed by atoms with Crippen LogP contribution in [0.4, 0.5) is 0 Å². The maximum absolute atomic E-state index is 8.38. The first kappa shape index (κ1) is 9.07. The molecule has 0 N–H and O–H groups in total. The van der Waals surface area contributed by atoms with E-state index in [4.69, 9.17) is 5.26 Å². The van der Waals surface area contributed by atoms with Gasteiger partial charge in [0.2, 0.25) is 5.82 Å². The highest BCUT2D eigenvalue weighted by molar-refractivity contribution is 7.99. The fourth-order valence-electron chi connectivity index (χ4n) is 0.846. The largest absolute Gasteiger partial charge is 0.337 e. The van der Waals surface area contributed by atoms with Gasteiger partial charge in [-0.3, -0.25) is 0 Å². The highest BCUT2D eigenvalue weighted by atomic mass is 32.2. The van der Waals surface area contributed by atoms with Crippen LogP contribution < -0.4 is 4.57 Å². The molecule has 0 aliphatic heterocycles. The van der Waals surface area contributed by atoms with Gasteiger partial charge in [0.15, 0.2) is 0 Å². The summed E-state index contributed by atoms with van der Waals surface area (Å²) in [4.78, 5) is 0. The molecule has 0 bridgehead atoms. The van der Waals surface area contributed by atoms with Crippen LogP contribution in [-0.2, 0) is 14.1 Å². The van der Waals surface area contributed by atoms with E-state index in [1.165, 1.54) is 11.8 Å². The number of thioether (sulfide) groups is 1. The van der Waals surface area contributed by atoms with Gasteiger partial charge in [0.25, 0.3) is 0 Å². The molecule has 0 aliphatic carbocycles. The van der Waals surface area contributed by atoms with E-state index in [0.29, 0.717) is 5.75 Å². The Kier molecular flexibility index (Phi) is 2.71. The number of nitrogens with zero attached hydrogens (tertiary/aromatic N) is 4. The van der Waals surface area contributed by atoms with Crippen molar-refractivity contribution in [2.24, 2.45) is 14.1 Å². The maximum atomic E-state index is 8.38. The van der Waals surface area contributed by atoms with Crippen molar-refractivity contribution in [3.05, 3.63) is 5.82 Å². The molecule has 0 aromatic carbocycles. The Bertz CT molecular complexity index is 323. The zero-order valence-corrected chi connectivity index (χ0v) is 8.22. The predicted octanol–water partition coefficient (Wildman–Crippen LogP) is 0.169. The van der Waals surface area contributed by atoms with E-state index in [2.05, 4.69) is 11.2 Å². The van der Waals surface area contributed by atoms with E-state index in [0.717, 1.165) is 11.0 Å². The number of aryl methyl sites for hydroxylation is 1. The lowest BCUT2D eigenvalue weighted by atomic mass is 10.7. The Balaban J connectivity index is 2.87. The van der Waals surface area contributed by atoms with Crippen molar-refractivity contribution < 1.29 is 4.57 Å². The van der Waals surface area contributed by atoms with Crippen LogP contribution in [0.3, 0.4) is 0 Å². The van der Waals surface area contributed by atoms with Gasteiger partial charge in [0, 0.05) is 6.92 Å². The third-order valence-electron chi connectivity index (χ3n) is 1.74. The van der Waals surface area contributed by atoms with Gasteiger partial charge in [0.1, 0.15) is 0 Å². The lowest BCUT2D eigenvalue weighted by Crippen LogP contribution is -2.32. The second-order valence-corrected chi connectivity index (χ2v) is 3.40. The van der Waals surface area contributed by atoms with Crippen LogP contribution in [0.1, 0.15) is 5.82 Å². The van der Waals surface area contributed by atoms with Crippen LogP contribution in [0.15, 0.2) is 5.16 Å². The number of hydrogen-bond acceptors (Lipinski definition) is 3. The Labute approximate surface area is 75.8 Å². The molecular formula is C7H11N4S+. The fourth-order valence-corrected chi connectivity index (χ4v) is 1.55. The molecule has 64 valence electrons. The molecule has 0 atom stereocenters. The summed E-state index contributed by atoms with van der Waals surface area (Å²) < 4.78 is 3.78. The monoisotopic (exact) mass is 183 g/mol. The summed E-state index contributed by atoms with van der Waals surface area (Å²) in [5, 5.41) is 13.5. The van der Waals surface area contributed by atoms with Crippen LogP contribution in [0, 0.1) is 18.3 Å². The second-order valence-electron chi connectivity index (χ2n) is 2.46. The van der Waals surface area contributed by atoms with Crippen LogP contribution in [0.2, 0.25) is 0 Å². The Morgan fingerprint density at radius 1 is 1.75 bits per heavy atom. The predicted molar refractivity (Wildman–Crippen MR) is 45.5 cm³/mol. The smallest absolute Gasteiger partial charge is 0.226 e. The molecule has 0 spiro atoms. The number of nitriles is 1. The first-order chi connectivity index (χ1) is 5.66. The summed E-state index contributed by atoms with van der Waals surface area (Å²) in [6.45, 7) is 1.99. The SMILES string of the molecule is Cc1n(C)nc(SCC#N)[n+]1C. The van der Waals surface area contributed by atoms with Crippen molar-refractivity contribution >= 4 is 11.8 Å². The maximum Gasteiger partial charge on any atom is 0.337 e. The molecular weight excluding hydrogens is 172 g/mol. The van der Waals surface area contributed by atoms with Crippen molar-refractivity contribution in [2.45, 2.75) is 12.1 Å². The molecule has 4 nitrogen and oxygen atoms in total. The van der Waals surface area contributed by atoms with Crippen LogP contribution >= 0.6 is 11.8 Å². The lowest BCUT2D eigenvalue weighted by molar-refractivity contribution is -0.715. The van der Waals surface area contributed by atoms with Gasteiger partial charge < -0.3 is 0 Å². The molecule has 12 heavy (non-hydrogen) atoms. The first-order valence-electron chi connectivity index (χ1n) is 3.56. The lowest BCUT2D eigenvalue weighted by Gasteiger charge is -1.88. The van der Waals surface area contributed by atoms with Gasteiger partial charge in [-0.25, -0.2) is 4.57 Å². The van der Waals surface area contributed by atoms with Crippen molar-refractivity contribution in [1.29, 1.82) is 5.26 Å². The van der Waals surface area contributed by atoms with E-state index >= 15 is 0 Å². The average molecular weight is 183 g/mol. The summed E-state index contributed by atoms with van der Waals surface area (Å²) in [5.41, 5.74) is 0. The van der Waals surface area contributed by atoms with Crippen molar-refractivity contribution in [1.82, 2.24) is 9.78 Å². The zero-order chi connectivity index (χ0) is 9.14. The van der Waals surface area contributed by atoms with E-state index in [1.807, 2.05) is 25.6 Å². The minimum Gasteiger partial charge on any atom is -0.226 e. The molecule has 0 saturated carbocycles. The van der Waals surface area contributed by atoms with Gasteiger partial charge in [-0.05, 0) is 11.8 Å². The van der Waals surface area contributed by atoms with Crippen LogP contribution in [-0.4, -0.2) is 15.5 Å². The molecule has 0 fully saturated rings. The number of rotatable bonds is 2. The van der Waals surface area contributed by atoms with Crippen molar-refractivity contribution in [2.75, 3.05) is 5.75 Å². The van der Waals surface area contributed by atoms with E-state index < -0.39 is 0 Å².